The first-order valence-corrected chi connectivity index (χ1v) is 17.4. The Hall–Kier alpha value is -0.0700. The first-order valence-electron chi connectivity index (χ1n) is 14.8. The zero-order valence-corrected chi connectivity index (χ0v) is 25.6. The van der Waals surface area contributed by atoms with Crippen molar-refractivity contribution >= 4 is 25.1 Å². The SMILES string of the molecule is CCCCCCCCCCSC(CCCCCCCCC)C(C)OCCCOP(=O)(O)C(=O)OCC. The molecule has 0 saturated heterocycles. The Morgan fingerprint density at radius 1 is 0.778 bits per heavy atom. The lowest BCUT2D eigenvalue weighted by atomic mass is 10.1. The maximum atomic E-state index is 11.8. The van der Waals surface area contributed by atoms with Crippen molar-refractivity contribution in [3.63, 3.8) is 0 Å². The van der Waals surface area contributed by atoms with Gasteiger partial charge in [-0.25, -0.2) is 9.36 Å². The minimum Gasteiger partial charge on any atom is -0.457 e. The van der Waals surface area contributed by atoms with Crippen LogP contribution in [0.5, 0.6) is 0 Å². The number of rotatable bonds is 27. The van der Waals surface area contributed by atoms with Crippen molar-refractivity contribution in [2.45, 2.75) is 148 Å². The molecule has 0 radical (unpaired) electrons. The molecular formula is C28H57O6PS. The quantitative estimate of drug-likeness (QED) is 0.0802. The van der Waals surface area contributed by atoms with Crippen LogP contribution in [0, 0.1) is 0 Å². The summed E-state index contributed by atoms with van der Waals surface area (Å²) in [4.78, 5) is 21.1. The van der Waals surface area contributed by atoms with Gasteiger partial charge in [0.1, 0.15) is 0 Å². The van der Waals surface area contributed by atoms with Gasteiger partial charge in [0, 0.05) is 11.9 Å². The van der Waals surface area contributed by atoms with Crippen LogP contribution in [0.25, 0.3) is 0 Å². The van der Waals surface area contributed by atoms with Crippen molar-refractivity contribution in [3.05, 3.63) is 0 Å². The van der Waals surface area contributed by atoms with E-state index in [4.69, 9.17) is 9.26 Å². The van der Waals surface area contributed by atoms with Gasteiger partial charge in [-0.1, -0.05) is 104 Å². The molecule has 0 aromatic rings. The standard InChI is InChI=1S/C28H57O6PS/c1-5-8-10-12-14-16-18-20-25-36-27(22-19-17-15-13-11-9-6-2)26(4)33-23-21-24-34-35(30,31)28(29)32-7-3/h26-27H,5-25H2,1-4H3,(H,30,31). The average molecular weight is 553 g/mol. The van der Waals surface area contributed by atoms with Gasteiger partial charge < -0.3 is 18.9 Å². The maximum Gasteiger partial charge on any atom is 0.435 e. The number of unbranched alkanes of at least 4 members (excludes halogenated alkanes) is 13. The Morgan fingerprint density at radius 3 is 1.86 bits per heavy atom. The summed E-state index contributed by atoms with van der Waals surface area (Å²) >= 11 is 2.05. The van der Waals surface area contributed by atoms with Crippen molar-refractivity contribution in [1.82, 2.24) is 0 Å². The van der Waals surface area contributed by atoms with Gasteiger partial charge in [-0.05, 0) is 38.9 Å². The molecule has 8 heteroatoms. The fraction of sp³-hybridized carbons (Fsp3) is 0.964. The number of hydrogen-bond donors (Lipinski definition) is 1. The molecule has 1 N–H and O–H groups in total. The summed E-state index contributed by atoms with van der Waals surface area (Å²) in [6.45, 7) is 8.72. The third kappa shape index (κ3) is 20.9. The molecule has 0 heterocycles. The Kier molecular flexibility index (Phi) is 25.2. The lowest BCUT2D eigenvalue weighted by molar-refractivity contribution is 0.0535. The minimum absolute atomic E-state index is 0.00681. The normalized spacial score (nSPS) is 14.9. The van der Waals surface area contributed by atoms with E-state index in [0.717, 1.165) is 0 Å². The first kappa shape index (κ1) is 35.9. The molecule has 0 aliphatic carbocycles. The van der Waals surface area contributed by atoms with E-state index in [-0.39, 0.29) is 19.3 Å². The molecule has 0 amide bonds. The zero-order valence-electron chi connectivity index (χ0n) is 23.8. The Morgan fingerprint density at radius 2 is 1.31 bits per heavy atom. The van der Waals surface area contributed by atoms with E-state index in [0.29, 0.717) is 18.3 Å². The highest BCUT2D eigenvalue weighted by atomic mass is 32.2. The summed E-state index contributed by atoms with van der Waals surface area (Å²) in [5.74, 6) is 1.18. The smallest absolute Gasteiger partial charge is 0.435 e. The van der Waals surface area contributed by atoms with Crippen molar-refractivity contribution in [2.24, 2.45) is 0 Å². The molecule has 6 nitrogen and oxygen atoms in total. The van der Waals surface area contributed by atoms with Crippen LogP contribution in [0.3, 0.4) is 0 Å². The summed E-state index contributed by atoms with van der Waals surface area (Å²) in [6, 6.07) is 0. The molecule has 0 aliphatic heterocycles. The summed E-state index contributed by atoms with van der Waals surface area (Å²) in [6.07, 6.45) is 21.7. The molecular weight excluding hydrogens is 495 g/mol. The van der Waals surface area contributed by atoms with E-state index in [1.807, 2.05) is 11.8 Å². The van der Waals surface area contributed by atoms with Gasteiger partial charge in [0.05, 0.1) is 19.3 Å². The van der Waals surface area contributed by atoms with Crippen molar-refractivity contribution < 1.29 is 28.3 Å². The van der Waals surface area contributed by atoms with E-state index in [2.05, 4.69) is 25.5 Å². The van der Waals surface area contributed by atoms with E-state index in [1.165, 1.54) is 108 Å². The van der Waals surface area contributed by atoms with Gasteiger partial charge >= 0.3 is 13.3 Å². The summed E-state index contributed by atoms with van der Waals surface area (Å²) < 4.78 is 27.4. The molecule has 3 atom stereocenters. The highest BCUT2D eigenvalue weighted by molar-refractivity contribution is 7.99. The summed E-state index contributed by atoms with van der Waals surface area (Å²) in [5, 5.41) is 0.467. The Labute approximate surface area is 226 Å². The number of hydrogen-bond acceptors (Lipinski definition) is 6. The monoisotopic (exact) mass is 552 g/mol. The second-order valence-electron chi connectivity index (χ2n) is 9.78. The Balaban J connectivity index is 4.28. The van der Waals surface area contributed by atoms with Gasteiger partial charge in [-0.2, -0.15) is 11.8 Å². The molecule has 0 aromatic carbocycles. The molecule has 0 aliphatic rings. The molecule has 0 bridgehead atoms. The van der Waals surface area contributed by atoms with E-state index in [1.54, 1.807) is 6.92 Å². The summed E-state index contributed by atoms with van der Waals surface area (Å²) in [7, 11) is -4.37. The summed E-state index contributed by atoms with van der Waals surface area (Å²) in [5.41, 5.74) is -1.19. The maximum absolute atomic E-state index is 11.8. The molecule has 0 aromatic heterocycles. The van der Waals surface area contributed by atoms with Gasteiger partial charge in [0.2, 0.25) is 0 Å². The van der Waals surface area contributed by atoms with Gasteiger partial charge in [-0.3, -0.25) is 0 Å². The van der Waals surface area contributed by atoms with Crippen LogP contribution in [0.1, 0.15) is 137 Å². The fourth-order valence-electron chi connectivity index (χ4n) is 4.11. The molecule has 216 valence electrons. The molecule has 0 rings (SSSR count). The van der Waals surface area contributed by atoms with Crippen molar-refractivity contribution in [1.29, 1.82) is 0 Å². The fourth-order valence-corrected chi connectivity index (χ4v) is 6.24. The number of carbonyl (C=O) groups is 1. The minimum atomic E-state index is -4.37. The van der Waals surface area contributed by atoms with Crippen LogP contribution >= 0.6 is 19.4 Å². The van der Waals surface area contributed by atoms with Crippen LogP contribution in [-0.4, -0.2) is 47.5 Å². The van der Waals surface area contributed by atoms with Crippen LogP contribution in [0.4, 0.5) is 4.79 Å². The lowest BCUT2D eigenvalue weighted by Crippen LogP contribution is -2.25. The van der Waals surface area contributed by atoms with E-state index in [9.17, 15) is 14.3 Å². The molecule has 0 spiro atoms. The van der Waals surface area contributed by atoms with Gasteiger partial charge in [-0.15, -0.1) is 0 Å². The third-order valence-corrected chi connectivity index (χ3v) is 9.07. The lowest BCUT2D eigenvalue weighted by Gasteiger charge is -2.24. The Bertz CT molecular complexity index is 548. The highest BCUT2D eigenvalue weighted by Gasteiger charge is 2.32. The first-order chi connectivity index (χ1) is 17.4. The molecule has 36 heavy (non-hydrogen) atoms. The van der Waals surface area contributed by atoms with E-state index >= 15 is 0 Å². The predicted octanol–water partition coefficient (Wildman–Crippen LogP) is 9.52. The largest absolute Gasteiger partial charge is 0.457 e. The number of carbonyl (C=O) groups excluding carboxylic acids is 1. The number of thioether (sulfide) groups is 1. The van der Waals surface area contributed by atoms with Crippen LogP contribution < -0.4 is 0 Å². The van der Waals surface area contributed by atoms with Crippen LogP contribution in [0.15, 0.2) is 0 Å². The van der Waals surface area contributed by atoms with Crippen molar-refractivity contribution in [2.75, 3.05) is 25.6 Å². The predicted molar refractivity (Wildman–Crippen MR) is 154 cm³/mol. The second-order valence-corrected chi connectivity index (χ2v) is 12.8. The number of ether oxygens (including phenoxy) is 2. The molecule has 0 fully saturated rings. The highest BCUT2D eigenvalue weighted by Crippen LogP contribution is 2.44. The van der Waals surface area contributed by atoms with Crippen LogP contribution in [-0.2, 0) is 18.6 Å². The topological polar surface area (TPSA) is 82.1 Å². The zero-order chi connectivity index (χ0) is 26.9. The second kappa shape index (κ2) is 25.2. The average Bonchev–Trinajstić information content (AvgIpc) is 2.85. The van der Waals surface area contributed by atoms with Gasteiger partial charge in [0.25, 0.3) is 0 Å². The molecule has 3 unspecified atom stereocenters. The molecule has 0 saturated carbocycles. The third-order valence-electron chi connectivity index (χ3n) is 6.38. The van der Waals surface area contributed by atoms with Crippen LogP contribution in [0.2, 0.25) is 0 Å². The van der Waals surface area contributed by atoms with Gasteiger partial charge in [0.15, 0.2) is 0 Å². The van der Waals surface area contributed by atoms with Crippen molar-refractivity contribution in [3.8, 4) is 0 Å². The van der Waals surface area contributed by atoms with E-state index < -0.39 is 13.3 Å².